The fraction of sp³-hybridized carbons (Fsp3) is 0.545. The van der Waals surface area contributed by atoms with Crippen LogP contribution in [-0.2, 0) is 0 Å². The molecule has 0 atom stereocenters. The Morgan fingerprint density at radius 2 is 2.07 bits per heavy atom. The van der Waals surface area contributed by atoms with E-state index in [1.54, 1.807) is 6.20 Å². The zero-order valence-electron chi connectivity index (χ0n) is 8.58. The van der Waals surface area contributed by atoms with E-state index in [1.807, 2.05) is 6.07 Å². The third-order valence-electron chi connectivity index (χ3n) is 2.66. The van der Waals surface area contributed by atoms with Gasteiger partial charge in [0.05, 0.1) is 16.4 Å². The molecule has 2 rings (SSSR count). The Balaban J connectivity index is 2.03. The van der Waals surface area contributed by atoms with Crippen molar-refractivity contribution in [2.45, 2.75) is 38.2 Å². The highest BCUT2D eigenvalue weighted by Gasteiger charge is 2.16. The summed E-state index contributed by atoms with van der Waals surface area (Å²) in [5, 5.41) is 0. The third-order valence-corrected chi connectivity index (χ3v) is 3.23. The molecule has 1 aliphatic rings. The molecule has 0 saturated heterocycles. The third kappa shape index (κ3) is 2.84. The van der Waals surface area contributed by atoms with Crippen molar-refractivity contribution >= 4 is 21.6 Å². The van der Waals surface area contributed by atoms with Crippen LogP contribution in [0, 0.1) is 0 Å². The van der Waals surface area contributed by atoms with Crippen LogP contribution < -0.4 is 10.5 Å². The number of ether oxygens (including phenoxy) is 1. The largest absolute Gasteiger partial charge is 0.474 e. The molecule has 1 aromatic rings. The standard InChI is InChI=1S/C11H15BrN2O/c12-10-6-8(13)7-14-11(10)15-9-4-2-1-3-5-9/h6-7,9H,1-5,13H2. The minimum absolute atomic E-state index is 0.325. The van der Waals surface area contributed by atoms with Crippen molar-refractivity contribution in [3.05, 3.63) is 16.7 Å². The Morgan fingerprint density at radius 1 is 1.33 bits per heavy atom. The summed E-state index contributed by atoms with van der Waals surface area (Å²) in [6, 6.07) is 1.82. The van der Waals surface area contributed by atoms with Crippen molar-refractivity contribution in [1.29, 1.82) is 0 Å². The van der Waals surface area contributed by atoms with Crippen LogP contribution in [-0.4, -0.2) is 11.1 Å². The van der Waals surface area contributed by atoms with Crippen molar-refractivity contribution in [1.82, 2.24) is 4.98 Å². The van der Waals surface area contributed by atoms with Crippen LogP contribution in [0.4, 0.5) is 5.69 Å². The van der Waals surface area contributed by atoms with Gasteiger partial charge in [-0.1, -0.05) is 6.42 Å². The highest BCUT2D eigenvalue weighted by atomic mass is 79.9. The molecule has 1 fully saturated rings. The SMILES string of the molecule is Nc1cnc(OC2CCCCC2)c(Br)c1. The number of hydrogen-bond acceptors (Lipinski definition) is 3. The van der Waals surface area contributed by atoms with Crippen molar-refractivity contribution in [2.75, 3.05) is 5.73 Å². The lowest BCUT2D eigenvalue weighted by Crippen LogP contribution is -2.20. The van der Waals surface area contributed by atoms with Crippen molar-refractivity contribution in [3.8, 4) is 5.88 Å². The normalized spacial score (nSPS) is 17.7. The first kappa shape index (κ1) is 10.7. The molecule has 0 unspecified atom stereocenters. The second-order valence-electron chi connectivity index (χ2n) is 3.93. The first-order valence-electron chi connectivity index (χ1n) is 5.33. The van der Waals surface area contributed by atoms with Crippen molar-refractivity contribution in [3.63, 3.8) is 0 Å². The van der Waals surface area contributed by atoms with E-state index in [9.17, 15) is 0 Å². The molecule has 0 aliphatic heterocycles. The number of nitrogens with two attached hydrogens (primary N) is 1. The molecule has 1 aromatic heterocycles. The summed E-state index contributed by atoms with van der Waals surface area (Å²) in [6.45, 7) is 0. The lowest BCUT2D eigenvalue weighted by atomic mass is 9.98. The molecule has 0 spiro atoms. The van der Waals surface area contributed by atoms with Crippen molar-refractivity contribution < 1.29 is 4.74 Å². The number of nitrogen functional groups attached to an aromatic ring is 1. The summed E-state index contributed by atoms with van der Waals surface area (Å²) in [4.78, 5) is 4.18. The van der Waals surface area contributed by atoms with E-state index in [2.05, 4.69) is 20.9 Å². The number of nitrogens with zero attached hydrogens (tertiary/aromatic N) is 1. The summed E-state index contributed by atoms with van der Waals surface area (Å²) < 4.78 is 6.67. The molecule has 2 N–H and O–H groups in total. The maximum Gasteiger partial charge on any atom is 0.228 e. The first-order chi connectivity index (χ1) is 7.25. The monoisotopic (exact) mass is 270 g/mol. The van der Waals surface area contributed by atoms with E-state index in [4.69, 9.17) is 10.5 Å². The summed E-state index contributed by atoms with van der Waals surface area (Å²) >= 11 is 3.41. The molecular formula is C11H15BrN2O. The molecule has 0 radical (unpaired) electrons. The highest BCUT2D eigenvalue weighted by Crippen LogP contribution is 2.28. The number of rotatable bonds is 2. The second-order valence-corrected chi connectivity index (χ2v) is 4.79. The van der Waals surface area contributed by atoms with E-state index < -0.39 is 0 Å². The van der Waals surface area contributed by atoms with E-state index in [0.29, 0.717) is 17.7 Å². The molecule has 82 valence electrons. The van der Waals surface area contributed by atoms with Gasteiger partial charge in [-0.3, -0.25) is 0 Å². The lowest BCUT2D eigenvalue weighted by Gasteiger charge is -2.22. The van der Waals surface area contributed by atoms with Gasteiger partial charge in [0.1, 0.15) is 6.10 Å². The van der Waals surface area contributed by atoms with Gasteiger partial charge in [-0.25, -0.2) is 4.98 Å². The van der Waals surface area contributed by atoms with Gasteiger partial charge >= 0.3 is 0 Å². The average molecular weight is 271 g/mol. The Kier molecular flexibility index (Phi) is 3.46. The average Bonchev–Trinajstić information content (AvgIpc) is 2.24. The Hall–Kier alpha value is -0.770. The molecule has 4 heteroatoms. The van der Waals surface area contributed by atoms with Gasteiger partial charge in [-0.05, 0) is 47.7 Å². The van der Waals surface area contributed by atoms with E-state index in [-0.39, 0.29) is 0 Å². The molecule has 0 aromatic carbocycles. The van der Waals surface area contributed by atoms with Gasteiger partial charge in [-0.15, -0.1) is 0 Å². The van der Waals surface area contributed by atoms with Gasteiger partial charge in [0.15, 0.2) is 0 Å². The van der Waals surface area contributed by atoms with E-state index >= 15 is 0 Å². The molecule has 3 nitrogen and oxygen atoms in total. The van der Waals surface area contributed by atoms with Crippen LogP contribution in [0.2, 0.25) is 0 Å². The molecule has 1 heterocycles. The summed E-state index contributed by atoms with van der Waals surface area (Å²) in [5.41, 5.74) is 6.26. The predicted molar refractivity (Wildman–Crippen MR) is 63.9 cm³/mol. The van der Waals surface area contributed by atoms with Crippen LogP contribution in [0.15, 0.2) is 16.7 Å². The predicted octanol–water partition coefficient (Wildman–Crippen LogP) is 3.14. The lowest BCUT2D eigenvalue weighted by molar-refractivity contribution is 0.147. The van der Waals surface area contributed by atoms with E-state index in [0.717, 1.165) is 17.3 Å². The van der Waals surface area contributed by atoms with Gasteiger partial charge < -0.3 is 10.5 Å². The molecular weight excluding hydrogens is 256 g/mol. The van der Waals surface area contributed by atoms with Crippen LogP contribution in [0.1, 0.15) is 32.1 Å². The molecule has 1 aliphatic carbocycles. The van der Waals surface area contributed by atoms with Crippen LogP contribution in [0.25, 0.3) is 0 Å². The Morgan fingerprint density at radius 3 is 2.73 bits per heavy atom. The summed E-state index contributed by atoms with van der Waals surface area (Å²) in [7, 11) is 0. The second kappa shape index (κ2) is 4.84. The number of pyridine rings is 1. The van der Waals surface area contributed by atoms with Crippen LogP contribution in [0.3, 0.4) is 0 Å². The minimum atomic E-state index is 0.325. The summed E-state index contributed by atoms with van der Waals surface area (Å²) in [6.07, 6.45) is 8.08. The smallest absolute Gasteiger partial charge is 0.228 e. The Bertz CT molecular complexity index is 337. The fourth-order valence-corrected chi connectivity index (χ4v) is 2.33. The first-order valence-corrected chi connectivity index (χ1v) is 6.12. The number of hydrogen-bond donors (Lipinski definition) is 1. The number of aromatic nitrogens is 1. The number of anilines is 1. The topological polar surface area (TPSA) is 48.1 Å². The Labute approximate surface area is 98.2 Å². The molecule has 15 heavy (non-hydrogen) atoms. The maximum atomic E-state index is 5.83. The van der Waals surface area contributed by atoms with Crippen LogP contribution >= 0.6 is 15.9 Å². The molecule has 1 saturated carbocycles. The van der Waals surface area contributed by atoms with Crippen molar-refractivity contribution in [2.24, 2.45) is 0 Å². The number of halogens is 1. The summed E-state index contributed by atoms with van der Waals surface area (Å²) in [5.74, 6) is 0.663. The highest BCUT2D eigenvalue weighted by molar-refractivity contribution is 9.10. The fourth-order valence-electron chi connectivity index (χ4n) is 1.87. The minimum Gasteiger partial charge on any atom is -0.474 e. The van der Waals surface area contributed by atoms with E-state index in [1.165, 1.54) is 19.3 Å². The van der Waals surface area contributed by atoms with Crippen LogP contribution in [0.5, 0.6) is 5.88 Å². The zero-order chi connectivity index (χ0) is 10.7. The molecule has 0 bridgehead atoms. The maximum absolute atomic E-state index is 5.83. The van der Waals surface area contributed by atoms with Gasteiger partial charge in [0, 0.05) is 0 Å². The van der Waals surface area contributed by atoms with Gasteiger partial charge in [-0.2, -0.15) is 0 Å². The quantitative estimate of drug-likeness (QED) is 0.898. The van der Waals surface area contributed by atoms with Gasteiger partial charge in [0.25, 0.3) is 0 Å². The molecule has 0 amide bonds. The van der Waals surface area contributed by atoms with Gasteiger partial charge in [0.2, 0.25) is 5.88 Å². The zero-order valence-corrected chi connectivity index (χ0v) is 10.2.